The van der Waals surface area contributed by atoms with Gasteiger partial charge >= 0.3 is 0 Å². The molecule has 0 saturated carbocycles. The molecule has 71 heavy (non-hydrogen) atoms. The highest BCUT2D eigenvalue weighted by Crippen LogP contribution is 2.43. The molecule has 0 radical (unpaired) electrons. The number of rotatable bonds is 23. The van der Waals surface area contributed by atoms with Gasteiger partial charge in [0, 0.05) is 87.0 Å². The maximum Gasteiger partial charge on any atom is 0.261 e. The molecule has 4 aliphatic rings. The predicted octanol–water partition coefficient (Wildman–Crippen LogP) is 8.93. The third-order valence-electron chi connectivity index (χ3n) is 13.3. The molecule has 0 bridgehead atoms. The van der Waals surface area contributed by atoms with Crippen LogP contribution in [-0.4, -0.2) is 110 Å². The molecule has 2 atom stereocenters. The zero-order chi connectivity index (χ0) is 49.4. The molecule has 2 amide bonds. The Kier molecular flexibility index (Phi) is 15.4. The Hall–Kier alpha value is -7.07. The Bertz CT molecular complexity index is 2670. The monoisotopic (exact) mass is 963 g/mol. The topological polar surface area (TPSA) is 150 Å². The number of hydrogen-bond donors (Lipinski definition) is 0. The molecule has 5 aromatic rings. The summed E-state index contributed by atoms with van der Waals surface area (Å²) in [7, 11) is 4.75. The molecule has 0 fully saturated rings. The summed E-state index contributed by atoms with van der Waals surface area (Å²) in [5.41, 5.74) is 8.37. The Morgan fingerprint density at radius 3 is 1.65 bits per heavy atom. The zero-order valence-electron chi connectivity index (χ0n) is 41.1. The number of aliphatic imine (C=N–C) groups is 2. The molecule has 15 heteroatoms. The summed E-state index contributed by atoms with van der Waals surface area (Å²) in [4.78, 5) is 56.5. The van der Waals surface area contributed by atoms with Gasteiger partial charge in [0.05, 0.1) is 81.8 Å². The molecular formula is C56H61N5O10. The second kappa shape index (κ2) is 22.3. The predicted molar refractivity (Wildman–Crippen MR) is 274 cm³/mol. The smallest absolute Gasteiger partial charge is 0.261 e. The molecule has 4 heterocycles. The molecular weight excluding hydrogens is 903 g/mol. The molecule has 0 saturated heterocycles. The number of ether oxygens (including phenoxy) is 7. The van der Waals surface area contributed by atoms with Crippen molar-refractivity contribution < 1.29 is 47.5 Å². The van der Waals surface area contributed by atoms with Crippen LogP contribution in [0, 0.1) is 5.92 Å². The van der Waals surface area contributed by atoms with Crippen molar-refractivity contribution in [2.75, 3.05) is 82.2 Å². The summed E-state index contributed by atoms with van der Waals surface area (Å²) < 4.78 is 41.6. The van der Waals surface area contributed by atoms with Gasteiger partial charge in [-0.15, -0.1) is 0 Å². The largest absolute Gasteiger partial charge is 0.493 e. The van der Waals surface area contributed by atoms with E-state index in [1.54, 1.807) is 45.6 Å². The van der Waals surface area contributed by atoms with E-state index in [0.717, 1.165) is 39.3 Å². The lowest BCUT2D eigenvalue weighted by Gasteiger charge is -2.26. The first-order valence-electron chi connectivity index (χ1n) is 24.3. The second-order valence-corrected chi connectivity index (χ2v) is 18.3. The number of anilines is 3. The molecule has 0 aromatic heterocycles. The SMILES string of the molecule is COCCOCCOCCN(CCCC(=O)C(C)C)c1cc(COc2cc3c(cc2OC)C(=O)N2c4ccccc4CC2C=N3)cc(COc2cc3c(cc2OC)C(=O)N2c4ccccc4CC2C=N3)c1. The van der Waals surface area contributed by atoms with Crippen LogP contribution in [0.15, 0.2) is 101 Å². The van der Waals surface area contributed by atoms with Gasteiger partial charge in [0.1, 0.15) is 19.0 Å². The van der Waals surface area contributed by atoms with Crippen molar-refractivity contribution in [2.45, 2.75) is 64.8 Å². The first-order chi connectivity index (χ1) is 34.6. The van der Waals surface area contributed by atoms with Crippen molar-refractivity contribution in [1.29, 1.82) is 0 Å². The summed E-state index contributed by atoms with van der Waals surface area (Å²) in [5, 5.41) is 0. The van der Waals surface area contributed by atoms with E-state index >= 15 is 0 Å². The first kappa shape index (κ1) is 48.9. The fourth-order valence-corrected chi connectivity index (χ4v) is 9.53. The number of methoxy groups -OCH3 is 3. The van der Waals surface area contributed by atoms with Crippen LogP contribution in [0.2, 0.25) is 0 Å². The van der Waals surface area contributed by atoms with Crippen molar-refractivity contribution in [2.24, 2.45) is 15.9 Å². The number of carbonyl (C=O) groups excluding carboxylic acids is 3. The van der Waals surface area contributed by atoms with Crippen LogP contribution in [-0.2, 0) is 45.1 Å². The van der Waals surface area contributed by atoms with Crippen molar-refractivity contribution in [3.05, 3.63) is 124 Å². The van der Waals surface area contributed by atoms with Crippen LogP contribution in [0.5, 0.6) is 23.0 Å². The highest BCUT2D eigenvalue weighted by atomic mass is 16.5. The number of ketones is 1. The van der Waals surface area contributed by atoms with E-state index in [-0.39, 0.29) is 48.8 Å². The quantitative estimate of drug-likeness (QED) is 0.0578. The van der Waals surface area contributed by atoms with Gasteiger partial charge in [-0.1, -0.05) is 50.2 Å². The van der Waals surface area contributed by atoms with E-state index in [9.17, 15) is 14.4 Å². The van der Waals surface area contributed by atoms with Crippen LogP contribution in [0.3, 0.4) is 0 Å². The van der Waals surface area contributed by atoms with Gasteiger partial charge in [0.15, 0.2) is 23.0 Å². The van der Waals surface area contributed by atoms with Gasteiger partial charge in [0.25, 0.3) is 11.8 Å². The first-order valence-corrected chi connectivity index (χ1v) is 24.3. The third kappa shape index (κ3) is 10.8. The fourth-order valence-electron chi connectivity index (χ4n) is 9.53. The molecule has 0 aliphatic carbocycles. The Morgan fingerprint density at radius 1 is 0.634 bits per heavy atom. The van der Waals surface area contributed by atoms with Crippen LogP contribution in [0.1, 0.15) is 69.7 Å². The van der Waals surface area contributed by atoms with E-state index in [4.69, 9.17) is 43.1 Å². The molecule has 2 unspecified atom stereocenters. The number of carbonyl (C=O) groups is 3. The Labute approximate surface area is 414 Å². The van der Waals surface area contributed by atoms with Gasteiger partial charge in [-0.2, -0.15) is 0 Å². The van der Waals surface area contributed by atoms with E-state index in [0.29, 0.717) is 117 Å². The molecule has 15 nitrogen and oxygen atoms in total. The standard InChI is InChI=1S/C56H61N5O10/c1-36(2)50(62)15-10-16-59(17-18-68-21-22-69-20-19-65-3)41-24-37(34-70-53-30-46-44(28-51(53)66-4)55(63)60-42(32-57-46)26-39-11-6-8-13-48(39)60)23-38(25-41)35-71-54-31-47-45(29-52(54)67-5)56(64)61-43(33-58-47)27-40-12-7-9-14-49(40)61/h6-9,11-14,23-25,28-33,36,42-43H,10,15-22,26-27,34-35H2,1-5H3. The van der Waals surface area contributed by atoms with Crippen molar-refractivity contribution >= 4 is 58.5 Å². The van der Waals surface area contributed by atoms with Gasteiger partial charge in [-0.3, -0.25) is 34.2 Å². The third-order valence-corrected chi connectivity index (χ3v) is 13.3. The van der Waals surface area contributed by atoms with Gasteiger partial charge in [0.2, 0.25) is 0 Å². The molecule has 0 spiro atoms. The Balaban J connectivity index is 0.995. The van der Waals surface area contributed by atoms with E-state index in [1.165, 1.54) is 0 Å². The minimum Gasteiger partial charge on any atom is -0.493 e. The molecule has 4 aliphatic heterocycles. The maximum absolute atomic E-state index is 14.1. The van der Waals surface area contributed by atoms with Gasteiger partial charge < -0.3 is 38.1 Å². The van der Waals surface area contributed by atoms with Gasteiger partial charge in [-0.25, -0.2) is 0 Å². The number of para-hydroxylation sites is 2. The van der Waals surface area contributed by atoms with Crippen LogP contribution < -0.4 is 33.6 Å². The fraction of sp³-hybridized carbons (Fsp3) is 0.375. The summed E-state index contributed by atoms with van der Waals surface area (Å²) in [6.45, 7) is 7.53. The van der Waals surface area contributed by atoms with Crippen LogP contribution in [0.4, 0.5) is 28.4 Å². The number of amides is 2. The Morgan fingerprint density at radius 2 is 1.14 bits per heavy atom. The van der Waals surface area contributed by atoms with E-state index in [1.807, 2.05) is 90.7 Å². The highest BCUT2D eigenvalue weighted by Gasteiger charge is 2.38. The highest BCUT2D eigenvalue weighted by molar-refractivity contribution is 6.16. The summed E-state index contributed by atoms with van der Waals surface area (Å²) in [5.74, 6) is 1.52. The minimum atomic E-state index is -0.200. The number of hydrogen-bond acceptors (Lipinski definition) is 13. The maximum atomic E-state index is 14.1. The molecule has 0 N–H and O–H groups in total. The van der Waals surface area contributed by atoms with Gasteiger partial charge in [-0.05, 0) is 71.1 Å². The lowest BCUT2D eigenvalue weighted by Crippen LogP contribution is -2.37. The number of benzene rings is 5. The number of nitrogens with zero attached hydrogens (tertiary/aromatic N) is 5. The molecule has 5 aromatic carbocycles. The normalized spacial score (nSPS) is 16.1. The van der Waals surface area contributed by atoms with Crippen molar-refractivity contribution in [3.63, 3.8) is 0 Å². The van der Waals surface area contributed by atoms with Crippen molar-refractivity contribution in [1.82, 2.24) is 0 Å². The molecule has 9 rings (SSSR count). The molecule has 370 valence electrons. The lowest BCUT2D eigenvalue weighted by atomic mass is 10.0. The second-order valence-electron chi connectivity index (χ2n) is 18.3. The lowest BCUT2D eigenvalue weighted by molar-refractivity contribution is -0.121. The summed E-state index contributed by atoms with van der Waals surface area (Å²) in [6.07, 6.45) is 6.14. The summed E-state index contributed by atoms with van der Waals surface area (Å²) in [6, 6.07) is 28.6. The minimum absolute atomic E-state index is 0.0561. The van der Waals surface area contributed by atoms with Crippen LogP contribution >= 0.6 is 0 Å². The van der Waals surface area contributed by atoms with E-state index < -0.39 is 0 Å². The average molecular weight is 964 g/mol. The van der Waals surface area contributed by atoms with Crippen molar-refractivity contribution in [3.8, 4) is 23.0 Å². The number of Topliss-reactive ketones (excluding diaryl/α,β-unsaturated/α-hetero) is 1. The average Bonchev–Trinajstić information content (AvgIpc) is 3.88. The summed E-state index contributed by atoms with van der Waals surface area (Å²) >= 11 is 0. The van der Waals surface area contributed by atoms with E-state index in [2.05, 4.69) is 17.0 Å². The zero-order valence-corrected chi connectivity index (χ0v) is 41.1. The number of fused-ring (bicyclic) bond motifs is 8. The van der Waals surface area contributed by atoms with Crippen LogP contribution in [0.25, 0.3) is 0 Å².